The number of nitrogens with one attached hydrogen (secondary N) is 1. The molecule has 3 heteroatoms. The molecule has 0 heterocycles. The van der Waals surface area contributed by atoms with Gasteiger partial charge in [-0.3, -0.25) is 0 Å². The van der Waals surface area contributed by atoms with Crippen molar-refractivity contribution in [1.29, 1.82) is 0 Å². The molecule has 3 aromatic rings. The molecule has 3 N–H and O–H groups in total. The molecule has 0 bridgehead atoms. The van der Waals surface area contributed by atoms with Crippen LogP contribution in [0.25, 0.3) is 0 Å². The molecule has 0 aliphatic rings. The molecule has 2 atom stereocenters. The summed E-state index contributed by atoms with van der Waals surface area (Å²) in [6, 6.07) is 30.4. The Bertz CT molecular complexity index is 738. The van der Waals surface area contributed by atoms with Crippen molar-refractivity contribution in [2.45, 2.75) is 31.0 Å². The van der Waals surface area contributed by atoms with E-state index in [1.165, 1.54) is 5.56 Å². The zero-order chi connectivity index (χ0) is 18.9. The molecule has 3 rings (SSSR count). The fourth-order valence-corrected chi connectivity index (χ4v) is 3.37. The van der Waals surface area contributed by atoms with Crippen LogP contribution in [0.15, 0.2) is 91.0 Å². The van der Waals surface area contributed by atoms with Crippen molar-refractivity contribution in [1.82, 2.24) is 5.32 Å². The highest BCUT2D eigenvalue weighted by Crippen LogP contribution is 2.24. The highest BCUT2D eigenvalue weighted by atomic mass is 16.3. The first kappa shape index (κ1) is 19.3. The highest BCUT2D eigenvalue weighted by Gasteiger charge is 2.24. The minimum atomic E-state index is -0.816. The number of hydrogen-bond donors (Lipinski definition) is 3. The maximum absolute atomic E-state index is 10.4. The van der Waals surface area contributed by atoms with Gasteiger partial charge in [0.05, 0.1) is 18.8 Å². The molecule has 0 saturated heterocycles. The van der Waals surface area contributed by atoms with Gasteiger partial charge in [0.15, 0.2) is 0 Å². The van der Waals surface area contributed by atoms with Gasteiger partial charge in [0.25, 0.3) is 0 Å². The first-order chi connectivity index (χ1) is 13.3. The number of aliphatic hydroxyl groups excluding tert-OH is 2. The second-order valence-electron chi connectivity index (χ2n) is 6.80. The molecule has 0 saturated carbocycles. The Hall–Kier alpha value is -2.46. The second kappa shape index (κ2) is 10.0. The summed E-state index contributed by atoms with van der Waals surface area (Å²) in [6.45, 7) is -0.261. The fourth-order valence-electron chi connectivity index (χ4n) is 3.37. The van der Waals surface area contributed by atoms with Crippen LogP contribution in [-0.2, 0) is 6.42 Å². The van der Waals surface area contributed by atoms with Crippen LogP contribution < -0.4 is 5.32 Å². The maximum atomic E-state index is 10.4. The highest BCUT2D eigenvalue weighted by molar-refractivity contribution is 5.31. The van der Waals surface area contributed by atoms with E-state index in [0.717, 1.165) is 24.0 Å². The van der Waals surface area contributed by atoms with E-state index >= 15 is 0 Å². The first-order valence-corrected chi connectivity index (χ1v) is 9.46. The van der Waals surface area contributed by atoms with Gasteiger partial charge in [0.1, 0.15) is 0 Å². The lowest BCUT2D eigenvalue weighted by Gasteiger charge is -2.29. The van der Waals surface area contributed by atoms with E-state index in [-0.39, 0.29) is 18.7 Å². The lowest BCUT2D eigenvalue weighted by Crippen LogP contribution is -2.44. The van der Waals surface area contributed by atoms with Crippen molar-refractivity contribution >= 4 is 0 Å². The molecule has 0 aromatic heterocycles. The third kappa shape index (κ3) is 5.51. The molecular formula is C24H27NO2. The Morgan fingerprint density at radius 2 is 1.19 bits per heavy atom. The van der Waals surface area contributed by atoms with E-state index in [1.807, 2.05) is 54.6 Å². The summed E-state index contributed by atoms with van der Waals surface area (Å²) >= 11 is 0. The molecule has 3 nitrogen and oxygen atoms in total. The largest absolute Gasteiger partial charge is 0.394 e. The van der Waals surface area contributed by atoms with Gasteiger partial charge in [-0.15, -0.1) is 0 Å². The fraction of sp³-hybridized carbons (Fsp3) is 0.250. The van der Waals surface area contributed by atoms with Crippen LogP contribution in [-0.4, -0.2) is 29.0 Å². The standard InChI is InChI=1S/C24H27NO2/c26-18-23(27)22(17-16-19-10-4-1-5-11-19)25-24(20-12-6-2-7-13-20)21-14-8-3-9-15-21/h1-15,22-27H,16-18H2/t22-,23+/m0/s1. The van der Waals surface area contributed by atoms with E-state index < -0.39 is 6.10 Å². The Balaban J connectivity index is 1.81. The average Bonchev–Trinajstić information content (AvgIpc) is 2.75. The summed E-state index contributed by atoms with van der Waals surface area (Å²) < 4.78 is 0. The quantitative estimate of drug-likeness (QED) is 0.544. The minimum absolute atomic E-state index is 0.0469. The maximum Gasteiger partial charge on any atom is 0.0923 e. The first-order valence-electron chi connectivity index (χ1n) is 9.46. The van der Waals surface area contributed by atoms with E-state index in [9.17, 15) is 10.2 Å². The van der Waals surface area contributed by atoms with E-state index in [2.05, 4.69) is 41.7 Å². The van der Waals surface area contributed by atoms with Crippen molar-refractivity contribution in [3.8, 4) is 0 Å². The molecule has 0 spiro atoms. The predicted molar refractivity (Wildman–Crippen MR) is 110 cm³/mol. The monoisotopic (exact) mass is 361 g/mol. The molecule has 140 valence electrons. The SMILES string of the molecule is OC[C@@H](O)[C@H](CCc1ccccc1)NC(c1ccccc1)c1ccccc1. The van der Waals surface area contributed by atoms with Gasteiger partial charge in [-0.25, -0.2) is 0 Å². The Kier molecular flexibility index (Phi) is 7.17. The summed E-state index contributed by atoms with van der Waals surface area (Å²) in [5.74, 6) is 0. The smallest absolute Gasteiger partial charge is 0.0923 e. The lowest BCUT2D eigenvalue weighted by molar-refractivity contribution is 0.0575. The van der Waals surface area contributed by atoms with Gasteiger partial charge < -0.3 is 15.5 Å². The minimum Gasteiger partial charge on any atom is -0.394 e. The molecule has 0 aliphatic heterocycles. The summed E-state index contributed by atoms with van der Waals surface area (Å²) in [6.07, 6.45) is 0.761. The van der Waals surface area contributed by atoms with Crippen LogP contribution >= 0.6 is 0 Å². The predicted octanol–water partition coefficient (Wildman–Crippen LogP) is 3.72. The number of aryl methyl sites for hydroxylation is 1. The number of benzene rings is 3. The number of hydrogen-bond acceptors (Lipinski definition) is 3. The summed E-state index contributed by atoms with van der Waals surface area (Å²) in [4.78, 5) is 0. The van der Waals surface area contributed by atoms with Crippen LogP contribution in [0.1, 0.15) is 29.2 Å². The van der Waals surface area contributed by atoms with Gasteiger partial charge in [0.2, 0.25) is 0 Å². The van der Waals surface area contributed by atoms with Gasteiger partial charge in [-0.1, -0.05) is 91.0 Å². The van der Waals surface area contributed by atoms with Crippen molar-refractivity contribution in [2.75, 3.05) is 6.61 Å². The van der Waals surface area contributed by atoms with Crippen molar-refractivity contribution in [3.05, 3.63) is 108 Å². The number of rotatable bonds is 9. The summed E-state index contributed by atoms with van der Waals surface area (Å²) in [5, 5.41) is 23.6. The van der Waals surface area contributed by atoms with Crippen LogP contribution in [0.5, 0.6) is 0 Å². The van der Waals surface area contributed by atoms with Crippen LogP contribution in [0.4, 0.5) is 0 Å². The van der Waals surface area contributed by atoms with E-state index in [1.54, 1.807) is 0 Å². The van der Waals surface area contributed by atoms with Crippen LogP contribution in [0.2, 0.25) is 0 Å². The zero-order valence-electron chi connectivity index (χ0n) is 15.4. The molecule has 3 aromatic carbocycles. The van der Waals surface area contributed by atoms with E-state index in [0.29, 0.717) is 0 Å². The van der Waals surface area contributed by atoms with Crippen molar-refractivity contribution in [2.24, 2.45) is 0 Å². The molecule has 0 fully saturated rings. The van der Waals surface area contributed by atoms with Gasteiger partial charge in [-0.2, -0.15) is 0 Å². The number of aliphatic hydroxyl groups is 2. The lowest BCUT2D eigenvalue weighted by atomic mass is 9.95. The topological polar surface area (TPSA) is 52.5 Å². The second-order valence-corrected chi connectivity index (χ2v) is 6.80. The third-order valence-electron chi connectivity index (χ3n) is 4.88. The molecular weight excluding hydrogens is 334 g/mol. The van der Waals surface area contributed by atoms with Crippen LogP contribution in [0, 0.1) is 0 Å². The molecule has 0 amide bonds. The normalized spacial score (nSPS) is 13.4. The van der Waals surface area contributed by atoms with Crippen molar-refractivity contribution < 1.29 is 10.2 Å². The zero-order valence-corrected chi connectivity index (χ0v) is 15.4. The summed E-state index contributed by atoms with van der Waals surface area (Å²) in [7, 11) is 0. The molecule has 27 heavy (non-hydrogen) atoms. The Labute approximate surface area is 161 Å². The third-order valence-corrected chi connectivity index (χ3v) is 4.88. The molecule has 0 unspecified atom stereocenters. The van der Waals surface area contributed by atoms with Gasteiger partial charge in [0, 0.05) is 6.04 Å². The van der Waals surface area contributed by atoms with Gasteiger partial charge in [-0.05, 0) is 29.5 Å². The van der Waals surface area contributed by atoms with Crippen molar-refractivity contribution in [3.63, 3.8) is 0 Å². The summed E-state index contributed by atoms with van der Waals surface area (Å²) in [5.41, 5.74) is 3.50. The average molecular weight is 361 g/mol. The Morgan fingerprint density at radius 1 is 0.704 bits per heavy atom. The van der Waals surface area contributed by atoms with Gasteiger partial charge >= 0.3 is 0 Å². The molecule has 0 aliphatic carbocycles. The molecule has 0 radical (unpaired) electrons. The van der Waals surface area contributed by atoms with Crippen LogP contribution in [0.3, 0.4) is 0 Å². The van der Waals surface area contributed by atoms with E-state index in [4.69, 9.17) is 0 Å². The Morgan fingerprint density at radius 3 is 1.67 bits per heavy atom.